The van der Waals surface area contributed by atoms with Crippen molar-refractivity contribution in [2.75, 3.05) is 5.75 Å². The molecule has 35 heavy (non-hydrogen) atoms. The summed E-state index contributed by atoms with van der Waals surface area (Å²) < 4.78 is 0. The van der Waals surface area contributed by atoms with E-state index in [4.69, 9.17) is 11.6 Å². The van der Waals surface area contributed by atoms with Gasteiger partial charge >= 0.3 is 0 Å². The number of benzene rings is 3. The molecule has 0 saturated carbocycles. The van der Waals surface area contributed by atoms with Crippen molar-refractivity contribution < 1.29 is 9.59 Å². The Morgan fingerprint density at radius 1 is 0.914 bits per heavy atom. The van der Waals surface area contributed by atoms with Gasteiger partial charge in [-0.1, -0.05) is 72.3 Å². The van der Waals surface area contributed by atoms with Crippen LogP contribution >= 0.6 is 23.4 Å². The van der Waals surface area contributed by atoms with Gasteiger partial charge < -0.3 is 10.2 Å². The van der Waals surface area contributed by atoms with Gasteiger partial charge in [-0.3, -0.25) is 9.59 Å². The van der Waals surface area contributed by atoms with Gasteiger partial charge in [-0.25, -0.2) is 0 Å². The van der Waals surface area contributed by atoms with Crippen molar-refractivity contribution in [1.82, 2.24) is 10.2 Å². The average Bonchev–Trinajstić information content (AvgIpc) is 2.81. The van der Waals surface area contributed by atoms with Gasteiger partial charge in [0.2, 0.25) is 11.8 Å². The molecular weight excluding hydrogens is 476 g/mol. The van der Waals surface area contributed by atoms with Crippen molar-refractivity contribution in [3.8, 4) is 0 Å². The second kappa shape index (κ2) is 12.8. The molecule has 0 bridgehead atoms. The number of nitrogens with zero attached hydrogens (tertiary/aromatic N) is 1. The fourth-order valence-electron chi connectivity index (χ4n) is 3.76. The van der Waals surface area contributed by atoms with Gasteiger partial charge in [0.25, 0.3) is 0 Å². The number of nitrogens with one attached hydrogen (secondary N) is 1. The summed E-state index contributed by atoms with van der Waals surface area (Å²) in [7, 11) is 0. The van der Waals surface area contributed by atoms with Gasteiger partial charge in [0, 0.05) is 40.6 Å². The first-order valence-corrected chi connectivity index (χ1v) is 13.2. The summed E-state index contributed by atoms with van der Waals surface area (Å²) in [5, 5.41) is 3.69. The van der Waals surface area contributed by atoms with Crippen LogP contribution in [0.4, 0.5) is 0 Å². The minimum absolute atomic E-state index is 0.0570. The van der Waals surface area contributed by atoms with Crippen molar-refractivity contribution in [2.24, 2.45) is 0 Å². The lowest BCUT2D eigenvalue weighted by Gasteiger charge is -2.34. The number of halogens is 1. The van der Waals surface area contributed by atoms with Crippen LogP contribution in [-0.4, -0.2) is 34.0 Å². The first-order chi connectivity index (χ1) is 16.7. The van der Waals surface area contributed by atoms with E-state index < -0.39 is 11.6 Å². The van der Waals surface area contributed by atoms with Crippen LogP contribution in [0.2, 0.25) is 5.02 Å². The van der Waals surface area contributed by atoms with Crippen molar-refractivity contribution in [1.29, 1.82) is 0 Å². The molecule has 0 aliphatic carbocycles. The van der Waals surface area contributed by atoms with E-state index in [1.807, 2.05) is 106 Å². The molecule has 6 heteroatoms. The lowest BCUT2D eigenvalue weighted by molar-refractivity contribution is -0.141. The SMILES string of the molecule is CC(C)(C)NC(=O)[C@@H](Cc1ccccc1)N(Cc1cccc(Cl)c1)C(=O)CCSc1ccccc1. The van der Waals surface area contributed by atoms with Gasteiger partial charge in [-0.05, 0) is 56.2 Å². The fourth-order valence-corrected chi connectivity index (χ4v) is 4.83. The van der Waals surface area contributed by atoms with E-state index >= 15 is 0 Å². The van der Waals surface area contributed by atoms with E-state index in [-0.39, 0.29) is 11.8 Å². The van der Waals surface area contributed by atoms with Crippen LogP contribution in [0.1, 0.15) is 38.3 Å². The highest BCUT2D eigenvalue weighted by Crippen LogP contribution is 2.22. The lowest BCUT2D eigenvalue weighted by atomic mass is 10.0. The van der Waals surface area contributed by atoms with Crippen LogP contribution in [0, 0.1) is 0 Å². The second-order valence-electron chi connectivity index (χ2n) is 9.51. The molecule has 3 rings (SSSR count). The van der Waals surface area contributed by atoms with Crippen LogP contribution in [0.3, 0.4) is 0 Å². The van der Waals surface area contributed by atoms with E-state index in [1.54, 1.807) is 16.7 Å². The predicted molar refractivity (Wildman–Crippen MR) is 146 cm³/mol. The molecule has 1 N–H and O–H groups in total. The summed E-state index contributed by atoms with van der Waals surface area (Å²) in [5.74, 6) is 0.416. The maximum absolute atomic E-state index is 13.6. The average molecular weight is 509 g/mol. The van der Waals surface area contributed by atoms with E-state index in [1.165, 1.54) is 0 Å². The third kappa shape index (κ3) is 9.08. The number of thioether (sulfide) groups is 1. The Kier molecular flexibility index (Phi) is 9.82. The number of hydrogen-bond donors (Lipinski definition) is 1. The Morgan fingerprint density at radius 3 is 2.17 bits per heavy atom. The Labute approximate surface area is 218 Å². The third-order valence-corrected chi connectivity index (χ3v) is 6.59. The Hall–Kier alpha value is -2.76. The molecule has 2 amide bonds. The first kappa shape index (κ1) is 26.8. The quantitative estimate of drug-likeness (QED) is 0.323. The standard InChI is InChI=1S/C29H33ClN2O2S/c1-29(2,3)31-28(34)26(20-22-11-6-4-7-12-22)32(21-23-13-10-14-24(30)19-23)27(33)17-18-35-25-15-8-5-9-16-25/h4-16,19,26H,17-18,20-21H2,1-3H3,(H,31,34)/t26-/m1/s1. The molecule has 184 valence electrons. The molecule has 0 saturated heterocycles. The molecular formula is C29H33ClN2O2S. The summed E-state index contributed by atoms with van der Waals surface area (Å²) in [5.41, 5.74) is 1.48. The first-order valence-electron chi connectivity index (χ1n) is 11.8. The van der Waals surface area contributed by atoms with Crippen LogP contribution < -0.4 is 5.32 Å². The van der Waals surface area contributed by atoms with E-state index in [0.29, 0.717) is 30.2 Å². The highest BCUT2D eigenvalue weighted by molar-refractivity contribution is 7.99. The molecule has 0 aromatic heterocycles. The van der Waals surface area contributed by atoms with Gasteiger partial charge in [0.05, 0.1) is 0 Å². The van der Waals surface area contributed by atoms with Crippen molar-refractivity contribution >= 4 is 35.2 Å². The Bertz CT molecular complexity index is 1100. The fraction of sp³-hybridized carbons (Fsp3) is 0.310. The van der Waals surface area contributed by atoms with Crippen molar-refractivity contribution in [3.05, 3.63) is 101 Å². The number of amides is 2. The number of carbonyl (C=O) groups excluding carboxylic acids is 2. The molecule has 0 unspecified atom stereocenters. The zero-order valence-corrected chi connectivity index (χ0v) is 22.1. The van der Waals surface area contributed by atoms with Gasteiger partial charge in [0.1, 0.15) is 6.04 Å². The smallest absolute Gasteiger partial charge is 0.243 e. The normalized spacial score (nSPS) is 12.1. The number of rotatable bonds is 10. The van der Waals surface area contributed by atoms with Crippen LogP contribution in [-0.2, 0) is 22.6 Å². The maximum atomic E-state index is 13.6. The summed E-state index contributed by atoms with van der Waals surface area (Å²) in [6, 6.07) is 26.7. The number of hydrogen-bond acceptors (Lipinski definition) is 3. The second-order valence-corrected chi connectivity index (χ2v) is 11.1. The molecule has 0 spiro atoms. The highest BCUT2D eigenvalue weighted by Gasteiger charge is 2.32. The van der Waals surface area contributed by atoms with Crippen LogP contribution in [0.15, 0.2) is 89.8 Å². The monoisotopic (exact) mass is 508 g/mol. The molecule has 3 aromatic rings. The topological polar surface area (TPSA) is 49.4 Å². The minimum atomic E-state index is -0.648. The summed E-state index contributed by atoms with van der Waals surface area (Å²) in [6.45, 7) is 6.16. The van der Waals surface area contributed by atoms with Gasteiger partial charge in [-0.2, -0.15) is 0 Å². The van der Waals surface area contributed by atoms with E-state index in [0.717, 1.165) is 16.0 Å². The number of carbonyl (C=O) groups is 2. The van der Waals surface area contributed by atoms with E-state index in [9.17, 15) is 9.59 Å². The maximum Gasteiger partial charge on any atom is 0.243 e. The highest BCUT2D eigenvalue weighted by atomic mass is 35.5. The Balaban J connectivity index is 1.87. The largest absolute Gasteiger partial charge is 0.350 e. The molecule has 0 heterocycles. The molecule has 0 aliphatic heterocycles. The minimum Gasteiger partial charge on any atom is -0.350 e. The van der Waals surface area contributed by atoms with E-state index in [2.05, 4.69) is 5.32 Å². The summed E-state index contributed by atoms with van der Waals surface area (Å²) in [4.78, 5) is 30.0. The van der Waals surface area contributed by atoms with Crippen molar-refractivity contribution in [3.63, 3.8) is 0 Å². The zero-order valence-electron chi connectivity index (χ0n) is 20.5. The van der Waals surface area contributed by atoms with Crippen LogP contribution in [0.5, 0.6) is 0 Å². The predicted octanol–water partition coefficient (Wildman–Crippen LogP) is 6.38. The van der Waals surface area contributed by atoms with Gasteiger partial charge in [0.15, 0.2) is 0 Å². The summed E-state index contributed by atoms with van der Waals surface area (Å²) >= 11 is 7.87. The lowest BCUT2D eigenvalue weighted by Crippen LogP contribution is -2.54. The summed E-state index contributed by atoms with van der Waals surface area (Å²) in [6.07, 6.45) is 0.759. The molecule has 4 nitrogen and oxygen atoms in total. The molecule has 0 fully saturated rings. The van der Waals surface area contributed by atoms with Crippen molar-refractivity contribution in [2.45, 2.75) is 56.6 Å². The third-order valence-electron chi connectivity index (χ3n) is 5.34. The molecule has 1 atom stereocenters. The van der Waals surface area contributed by atoms with Gasteiger partial charge in [-0.15, -0.1) is 11.8 Å². The zero-order chi connectivity index (χ0) is 25.3. The Morgan fingerprint density at radius 2 is 1.54 bits per heavy atom. The molecule has 0 aliphatic rings. The van der Waals surface area contributed by atoms with Crippen LogP contribution in [0.25, 0.3) is 0 Å². The molecule has 3 aromatic carbocycles. The molecule has 0 radical (unpaired) electrons.